The molecule has 0 saturated heterocycles. The standard InChI is InChI=1S/C23H21ClN2O3S/c1-16-8-12-19(13-9-16)30(28,29)26-14-4-5-17-10-11-18(15-22(17)26)25-23(27)20-6-2-3-7-21(20)24/h2-3,6-13,15H,4-5,14H2,1H3,(H,25,27). The zero-order valence-corrected chi connectivity index (χ0v) is 18.0. The predicted molar refractivity (Wildman–Crippen MR) is 120 cm³/mol. The first kappa shape index (κ1) is 20.4. The van der Waals surface area contributed by atoms with Crippen molar-refractivity contribution in [2.75, 3.05) is 16.2 Å². The summed E-state index contributed by atoms with van der Waals surface area (Å²) in [4.78, 5) is 12.9. The number of carbonyl (C=O) groups excluding carboxylic acids is 1. The van der Waals surface area contributed by atoms with Gasteiger partial charge in [0.15, 0.2) is 0 Å². The summed E-state index contributed by atoms with van der Waals surface area (Å²) >= 11 is 6.11. The lowest BCUT2D eigenvalue weighted by molar-refractivity contribution is 0.102. The molecule has 0 spiro atoms. The molecule has 4 rings (SSSR count). The van der Waals surface area contributed by atoms with E-state index in [4.69, 9.17) is 11.6 Å². The highest BCUT2D eigenvalue weighted by Gasteiger charge is 2.29. The van der Waals surface area contributed by atoms with E-state index in [0.29, 0.717) is 28.5 Å². The van der Waals surface area contributed by atoms with Crippen molar-refractivity contribution in [2.45, 2.75) is 24.7 Å². The third-order valence-corrected chi connectivity index (χ3v) is 7.30. The minimum absolute atomic E-state index is 0.256. The SMILES string of the molecule is Cc1ccc(S(=O)(=O)N2CCCc3ccc(NC(=O)c4ccccc4Cl)cc32)cc1. The number of hydrogen-bond acceptors (Lipinski definition) is 3. The maximum atomic E-state index is 13.3. The van der Waals surface area contributed by atoms with Crippen molar-refractivity contribution in [3.63, 3.8) is 0 Å². The fourth-order valence-electron chi connectivity index (χ4n) is 3.55. The average molecular weight is 441 g/mol. The van der Waals surface area contributed by atoms with Crippen LogP contribution in [0.5, 0.6) is 0 Å². The second kappa shape index (κ2) is 8.13. The number of sulfonamides is 1. The van der Waals surface area contributed by atoms with Crippen LogP contribution in [0, 0.1) is 6.92 Å². The molecule has 0 atom stereocenters. The maximum absolute atomic E-state index is 13.3. The summed E-state index contributed by atoms with van der Waals surface area (Å²) in [6, 6.07) is 19.0. The summed E-state index contributed by atoms with van der Waals surface area (Å²) in [5.41, 5.74) is 3.41. The van der Waals surface area contributed by atoms with Crippen LogP contribution >= 0.6 is 11.6 Å². The van der Waals surface area contributed by atoms with E-state index in [0.717, 1.165) is 24.0 Å². The van der Waals surface area contributed by atoms with Crippen molar-refractivity contribution in [3.8, 4) is 0 Å². The Hall–Kier alpha value is -2.83. The van der Waals surface area contributed by atoms with Gasteiger partial charge in [-0.05, 0) is 61.7 Å². The number of fused-ring (bicyclic) bond motifs is 1. The molecule has 0 fully saturated rings. The lowest BCUT2D eigenvalue weighted by Gasteiger charge is -2.31. The van der Waals surface area contributed by atoms with Crippen molar-refractivity contribution < 1.29 is 13.2 Å². The van der Waals surface area contributed by atoms with Crippen molar-refractivity contribution in [2.24, 2.45) is 0 Å². The number of hydrogen-bond donors (Lipinski definition) is 1. The molecular weight excluding hydrogens is 420 g/mol. The molecule has 30 heavy (non-hydrogen) atoms. The Morgan fingerprint density at radius 2 is 1.77 bits per heavy atom. The monoisotopic (exact) mass is 440 g/mol. The molecule has 5 nitrogen and oxygen atoms in total. The van der Waals surface area contributed by atoms with Gasteiger partial charge in [-0.15, -0.1) is 0 Å². The molecule has 0 aromatic heterocycles. The van der Waals surface area contributed by atoms with Crippen LogP contribution in [0.2, 0.25) is 5.02 Å². The average Bonchev–Trinajstić information content (AvgIpc) is 2.73. The zero-order chi connectivity index (χ0) is 21.3. The van der Waals surface area contributed by atoms with E-state index in [1.165, 1.54) is 4.31 Å². The van der Waals surface area contributed by atoms with Crippen molar-refractivity contribution in [1.82, 2.24) is 0 Å². The van der Waals surface area contributed by atoms with Crippen LogP contribution < -0.4 is 9.62 Å². The van der Waals surface area contributed by atoms with Crippen LogP contribution in [-0.4, -0.2) is 20.9 Å². The molecule has 7 heteroatoms. The first-order chi connectivity index (χ1) is 14.4. The Labute approximate surface area is 181 Å². The number of carbonyl (C=O) groups is 1. The van der Waals surface area contributed by atoms with Crippen LogP contribution in [0.3, 0.4) is 0 Å². The maximum Gasteiger partial charge on any atom is 0.264 e. The summed E-state index contributed by atoms with van der Waals surface area (Å²) in [6.07, 6.45) is 1.53. The molecular formula is C23H21ClN2O3S. The van der Waals surface area contributed by atoms with E-state index in [1.807, 2.05) is 13.0 Å². The summed E-state index contributed by atoms with van der Waals surface area (Å²) in [5, 5.41) is 3.18. The minimum atomic E-state index is -3.70. The number of amides is 1. The van der Waals surface area contributed by atoms with E-state index >= 15 is 0 Å². The van der Waals surface area contributed by atoms with E-state index in [9.17, 15) is 13.2 Å². The number of anilines is 2. The van der Waals surface area contributed by atoms with Crippen LogP contribution in [-0.2, 0) is 16.4 Å². The quantitative estimate of drug-likeness (QED) is 0.617. The molecule has 0 unspecified atom stereocenters. The smallest absolute Gasteiger partial charge is 0.264 e. The van der Waals surface area contributed by atoms with Crippen molar-refractivity contribution in [1.29, 1.82) is 0 Å². The highest BCUT2D eigenvalue weighted by Crippen LogP contribution is 2.34. The molecule has 3 aromatic rings. The molecule has 0 bridgehead atoms. The number of aryl methyl sites for hydroxylation is 2. The van der Waals surface area contributed by atoms with Crippen LogP contribution in [0.4, 0.5) is 11.4 Å². The molecule has 0 saturated carbocycles. The lowest BCUT2D eigenvalue weighted by Crippen LogP contribution is -2.35. The van der Waals surface area contributed by atoms with Crippen LogP contribution in [0.15, 0.2) is 71.6 Å². The minimum Gasteiger partial charge on any atom is -0.322 e. The molecule has 3 aromatic carbocycles. The van der Waals surface area contributed by atoms with Gasteiger partial charge in [0.2, 0.25) is 0 Å². The van der Waals surface area contributed by atoms with E-state index in [-0.39, 0.29) is 10.8 Å². The highest BCUT2D eigenvalue weighted by molar-refractivity contribution is 7.92. The molecule has 1 heterocycles. The van der Waals surface area contributed by atoms with Gasteiger partial charge in [-0.3, -0.25) is 9.10 Å². The Bertz CT molecular complexity index is 1210. The van der Waals surface area contributed by atoms with Gasteiger partial charge >= 0.3 is 0 Å². The van der Waals surface area contributed by atoms with Crippen LogP contribution in [0.25, 0.3) is 0 Å². The van der Waals surface area contributed by atoms with Gasteiger partial charge in [0.25, 0.3) is 15.9 Å². The van der Waals surface area contributed by atoms with Crippen molar-refractivity contribution >= 4 is 38.9 Å². The van der Waals surface area contributed by atoms with Gasteiger partial charge in [0, 0.05) is 12.2 Å². The van der Waals surface area contributed by atoms with Gasteiger partial charge in [-0.1, -0.05) is 47.5 Å². The lowest BCUT2D eigenvalue weighted by atomic mass is 10.0. The summed E-state index contributed by atoms with van der Waals surface area (Å²) < 4.78 is 28.0. The second-order valence-corrected chi connectivity index (χ2v) is 9.54. The predicted octanol–water partition coefficient (Wildman–Crippen LogP) is 5.04. The van der Waals surface area contributed by atoms with Crippen LogP contribution in [0.1, 0.15) is 27.9 Å². The molecule has 1 aliphatic rings. The second-order valence-electron chi connectivity index (χ2n) is 7.27. The summed E-state index contributed by atoms with van der Waals surface area (Å²) in [5.74, 6) is -0.343. The normalized spacial score (nSPS) is 13.6. The van der Waals surface area contributed by atoms with Gasteiger partial charge in [-0.25, -0.2) is 8.42 Å². The molecule has 1 N–H and O–H groups in total. The van der Waals surface area contributed by atoms with Gasteiger partial charge in [0.05, 0.1) is 21.2 Å². The van der Waals surface area contributed by atoms with E-state index in [1.54, 1.807) is 60.7 Å². The molecule has 1 amide bonds. The Kier molecular flexibility index (Phi) is 5.54. The van der Waals surface area contributed by atoms with Crippen molar-refractivity contribution in [3.05, 3.63) is 88.4 Å². The van der Waals surface area contributed by atoms with Gasteiger partial charge in [0.1, 0.15) is 0 Å². The van der Waals surface area contributed by atoms with E-state index < -0.39 is 10.0 Å². The highest BCUT2D eigenvalue weighted by atomic mass is 35.5. The molecule has 1 aliphatic heterocycles. The first-order valence-corrected chi connectivity index (χ1v) is 11.5. The topological polar surface area (TPSA) is 66.5 Å². The van der Waals surface area contributed by atoms with Gasteiger partial charge < -0.3 is 5.32 Å². The zero-order valence-electron chi connectivity index (χ0n) is 16.4. The van der Waals surface area contributed by atoms with Gasteiger partial charge in [-0.2, -0.15) is 0 Å². The fourth-order valence-corrected chi connectivity index (χ4v) is 5.30. The summed E-state index contributed by atoms with van der Waals surface area (Å²) in [6.45, 7) is 2.31. The molecule has 154 valence electrons. The third kappa shape index (κ3) is 3.93. The third-order valence-electron chi connectivity index (χ3n) is 5.15. The number of rotatable bonds is 4. The largest absolute Gasteiger partial charge is 0.322 e. The number of nitrogens with one attached hydrogen (secondary N) is 1. The Balaban J connectivity index is 1.67. The molecule has 0 radical (unpaired) electrons. The molecule has 0 aliphatic carbocycles. The first-order valence-electron chi connectivity index (χ1n) is 9.64. The fraction of sp³-hybridized carbons (Fsp3) is 0.174. The Morgan fingerprint density at radius 3 is 2.50 bits per heavy atom. The number of benzene rings is 3. The van der Waals surface area contributed by atoms with E-state index in [2.05, 4.69) is 5.32 Å². The number of halogens is 1. The number of nitrogens with zero attached hydrogens (tertiary/aromatic N) is 1. The Morgan fingerprint density at radius 1 is 1.03 bits per heavy atom. The summed E-state index contributed by atoms with van der Waals surface area (Å²) in [7, 11) is -3.70.